The van der Waals surface area contributed by atoms with Crippen molar-refractivity contribution in [3.8, 4) is 0 Å². The molecule has 0 saturated carbocycles. The molecule has 2 aliphatic heterocycles. The van der Waals surface area contributed by atoms with E-state index in [1.165, 1.54) is 0 Å². The van der Waals surface area contributed by atoms with Crippen LogP contribution in [-0.4, -0.2) is 90.2 Å². The number of aromatic nitrogens is 2. The van der Waals surface area contributed by atoms with E-state index in [-0.39, 0.29) is 23.9 Å². The van der Waals surface area contributed by atoms with Crippen LogP contribution in [0.25, 0.3) is 0 Å². The molecule has 2 fully saturated rings. The smallest absolute Gasteiger partial charge is 0.380 e. The van der Waals surface area contributed by atoms with Gasteiger partial charge in [-0.15, -0.1) is 0 Å². The zero-order valence-corrected chi connectivity index (χ0v) is 17.6. The number of nitrogens with one attached hydrogen (secondary N) is 1. The molecule has 12 heteroatoms. The van der Waals surface area contributed by atoms with E-state index in [1.807, 2.05) is 11.8 Å². The number of ether oxygens (including phenoxy) is 1. The van der Waals surface area contributed by atoms with Gasteiger partial charge in [-0.1, -0.05) is 0 Å². The van der Waals surface area contributed by atoms with Crippen molar-refractivity contribution >= 4 is 11.9 Å². The van der Waals surface area contributed by atoms with Gasteiger partial charge in [0.1, 0.15) is 0 Å². The summed E-state index contributed by atoms with van der Waals surface area (Å²) in [7, 11) is 0. The standard InChI is InChI=1S/C19H30F3N7O2/c1-14(23)13-31-8-2-4-27-6-7-28(12-17(27)30)16-3-5-29(26-11-16)18-24-9-15(10-25-18)19(20,21)22/h9-10,14,16,26H,2-8,11-13,23H2,1H3. The van der Waals surface area contributed by atoms with Gasteiger partial charge < -0.3 is 15.4 Å². The molecule has 0 aliphatic carbocycles. The molecule has 2 unspecified atom stereocenters. The van der Waals surface area contributed by atoms with Crippen LogP contribution in [0.1, 0.15) is 25.3 Å². The molecule has 1 aromatic heterocycles. The van der Waals surface area contributed by atoms with Crippen molar-refractivity contribution in [2.75, 3.05) is 57.5 Å². The zero-order valence-electron chi connectivity index (χ0n) is 17.6. The summed E-state index contributed by atoms with van der Waals surface area (Å²) in [5.41, 5.74) is 7.92. The highest BCUT2D eigenvalue weighted by molar-refractivity contribution is 5.79. The Morgan fingerprint density at radius 3 is 2.61 bits per heavy atom. The van der Waals surface area contributed by atoms with E-state index >= 15 is 0 Å². The highest BCUT2D eigenvalue weighted by Gasteiger charge is 2.33. The molecule has 9 nitrogen and oxygen atoms in total. The number of carbonyl (C=O) groups excluding carboxylic acids is 1. The van der Waals surface area contributed by atoms with E-state index in [0.29, 0.717) is 45.9 Å². The van der Waals surface area contributed by atoms with Gasteiger partial charge in [0, 0.05) is 63.8 Å². The van der Waals surface area contributed by atoms with Gasteiger partial charge in [-0.05, 0) is 19.8 Å². The summed E-state index contributed by atoms with van der Waals surface area (Å²) in [6.07, 6.45) is -1.34. The zero-order chi connectivity index (χ0) is 22.4. The average molecular weight is 445 g/mol. The summed E-state index contributed by atoms with van der Waals surface area (Å²) < 4.78 is 43.4. The molecular weight excluding hydrogens is 415 g/mol. The van der Waals surface area contributed by atoms with Crippen molar-refractivity contribution in [3.05, 3.63) is 18.0 Å². The number of halogens is 3. The highest BCUT2D eigenvalue weighted by Crippen LogP contribution is 2.28. The molecule has 3 rings (SSSR count). The number of piperazine rings is 1. The molecule has 174 valence electrons. The highest BCUT2D eigenvalue weighted by atomic mass is 19.4. The fourth-order valence-electron chi connectivity index (χ4n) is 3.67. The fourth-order valence-corrected chi connectivity index (χ4v) is 3.67. The number of amides is 1. The van der Waals surface area contributed by atoms with Crippen molar-refractivity contribution in [2.45, 2.75) is 38.0 Å². The maximum absolute atomic E-state index is 12.7. The summed E-state index contributed by atoms with van der Waals surface area (Å²) in [6, 6.07) is 0.183. The predicted molar refractivity (Wildman–Crippen MR) is 108 cm³/mol. The second-order valence-electron chi connectivity index (χ2n) is 7.98. The largest absolute Gasteiger partial charge is 0.419 e. The van der Waals surface area contributed by atoms with Crippen LogP contribution in [0, 0.1) is 0 Å². The number of anilines is 1. The number of hydrogen-bond acceptors (Lipinski definition) is 8. The van der Waals surface area contributed by atoms with E-state index in [1.54, 1.807) is 5.01 Å². The molecule has 1 amide bonds. The van der Waals surface area contributed by atoms with Crippen LogP contribution in [0.15, 0.2) is 12.4 Å². The first-order valence-corrected chi connectivity index (χ1v) is 10.5. The van der Waals surface area contributed by atoms with Gasteiger partial charge in [0.15, 0.2) is 0 Å². The topological polar surface area (TPSA) is 99.8 Å². The summed E-state index contributed by atoms with van der Waals surface area (Å²) in [6.45, 7) is 6.61. The van der Waals surface area contributed by atoms with E-state index in [2.05, 4.69) is 20.3 Å². The first-order valence-electron chi connectivity index (χ1n) is 10.5. The maximum atomic E-state index is 12.7. The minimum atomic E-state index is -4.45. The van der Waals surface area contributed by atoms with E-state index in [9.17, 15) is 18.0 Å². The van der Waals surface area contributed by atoms with Crippen molar-refractivity contribution in [2.24, 2.45) is 5.73 Å². The molecule has 0 spiro atoms. The minimum absolute atomic E-state index is 0.0102. The maximum Gasteiger partial charge on any atom is 0.419 e. The third kappa shape index (κ3) is 6.73. The molecule has 3 N–H and O–H groups in total. The SMILES string of the molecule is CC(N)COCCCN1CCN(C2CCN(c3ncc(C(F)(F)F)cn3)NC2)CC1=O. The van der Waals surface area contributed by atoms with Gasteiger partial charge in [0.2, 0.25) is 11.9 Å². The van der Waals surface area contributed by atoms with Crippen LogP contribution in [-0.2, 0) is 15.7 Å². The second-order valence-corrected chi connectivity index (χ2v) is 7.98. The lowest BCUT2D eigenvalue weighted by molar-refractivity contribution is -0.138. The lowest BCUT2D eigenvalue weighted by Crippen LogP contribution is -2.60. The lowest BCUT2D eigenvalue weighted by atomic mass is 10.1. The Balaban J connectivity index is 1.40. The van der Waals surface area contributed by atoms with E-state index in [4.69, 9.17) is 10.5 Å². The Kier molecular flexibility index (Phi) is 8.03. The third-order valence-corrected chi connectivity index (χ3v) is 5.37. The summed E-state index contributed by atoms with van der Waals surface area (Å²) in [4.78, 5) is 24.2. The number of alkyl halides is 3. The number of hydrazine groups is 1. The second kappa shape index (κ2) is 10.5. The minimum Gasteiger partial charge on any atom is -0.380 e. The van der Waals surface area contributed by atoms with Crippen molar-refractivity contribution < 1.29 is 22.7 Å². The van der Waals surface area contributed by atoms with Crippen molar-refractivity contribution in [1.29, 1.82) is 0 Å². The number of nitrogens with two attached hydrogens (primary N) is 1. The van der Waals surface area contributed by atoms with Gasteiger partial charge in [0.25, 0.3) is 0 Å². The number of hydrogen-bond donors (Lipinski definition) is 2. The van der Waals surface area contributed by atoms with Gasteiger partial charge >= 0.3 is 6.18 Å². The number of rotatable bonds is 8. The molecule has 2 aliphatic rings. The fraction of sp³-hybridized carbons (Fsp3) is 0.737. The van der Waals surface area contributed by atoms with Gasteiger partial charge in [-0.2, -0.15) is 13.2 Å². The van der Waals surface area contributed by atoms with Crippen LogP contribution in [0.2, 0.25) is 0 Å². The van der Waals surface area contributed by atoms with Crippen LogP contribution in [0.5, 0.6) is 0 Å². The van der Waals surface area contributed by atoms with Crippen LogP contribution >= 0.6 is 0 Å². The molecule has 0 aromatic carbocycles. The number of carbonyl (C=O) groups is 1. The molecule has 0 bridgehead atoms. The Labute approximate surface area is 179 Å². The monoisotopic (exact) mass is 445 g/mol. The summed E-state index contributed by atoms with van der Waals surface area (Å²) >= 11 is 0. The quantitative estimate of drug-likeness (QED) is 0.558. The first-order chi connectivity index (χ1) is 14.7. The predicted octanol–water partition coefficient (Wildman–Crippen LogP) is 0.477. The molecule has 2 saturated heterocycles. The van der Waals surface area contributed by atoms with Crippen molar-refractivity contribution in [3.63, 3.8) is 0 Å². The molecular formula is C19H30F3N7O2. The average Bonchev–Trinajstić information content (AvgIpc) is 2.74. The lowest BCUT2D eigenvalue weighted by Gasteiger charge is -2.42. The molecule has 3 heterocycles. The van der Waals surface area contributed by atoms with Gasteiger partial charge in [-0.25, -0.2) is 15.4 Å². The van der Waals surface area contributed by atoms with Crippen molar-refractivity contribution in [1.82, 2.24) is 25.2 Å². The van der Waals surface area contributed by atoms with E-state index < -0.39 is 11.7 Å². The third-order valence-electron chi connectivity index (χ3n) is 5.37. The summed E-state index contributed by atoms with van der Waals surface area (Å²) in [5.74, 6) is 0.311. The molecule has 2 atom stereocenters. The molecule has 0 radical (unpaired) electrons. The van der Waals surface area contributed by atoms with Crippen LogP contribution < -0.4 is 16.2 Å². The van der Waals surface area contributed by atoms with Gasteiger partial charge in [-0.3, -0.25) is 14.7 Å². The van der Waals surface area contributed by atoms with Crippen LogP contribution in [0.4, 0.5) is 19.1 Å². The Bertz CT molecular complexity index is 709. The Morgan fingerprint density at radius 1 is 1.29 bits per heavy atom. The molecule has 31 heavy (non-hydrogen) atoms. The van der Waals surface area contributed by atoms with Crippen LogP contribution in [0.3, 0.4) is 0 Å². The van der Waals surface area contributed by atoms with Gasteiger partial charge in [0.05, 0.1) is 18.7 Å². The Morgan fingerprint density at radius 2 is 2.03 bits per heavy atom. The van der Waals surface area contributed by atoms with E-state index in [0.717, 1.165) is 31.8 Å². The molecule has 1 aromatic rings. The normalized spacial score (nSPS) is 22.1. The summed E-state index contributed by atoms with van der Waals surface area (Å²) in [5, 5.41) is 1.65. The number of nitrogens with zero attached hydrogens (tertiary/aromatic N) is 5. The Hall–Kier alpha value is -2.02. The first kappa shape index (κ1) is 23.6.